The highest BCUT2D eigenvalue weighted by Crippen LogP contribution is 2.32. The zero-order chi connectivity index (χ0) is 14.2. The molecule has 0 saturated carbocycles. The molecule has 1 unspecified atom stereocenters. The maximum Gasteiger partial charge on any atom is 0.328 e. The fourth-order valence-corrected chi connectivity index (χ4v) is 2.52. The van der Waals surface area contributed by atoms with Gasteiger partial charge in [-0.05, 0) is 32.0 Å². The predicted octanol–water partition coefficient (Wildman–Crippen LogP) is 3.05. The first-order chi connectivity index (χ1) is 8.97. The summed E-state index contributed by atoms with van der Waals surface area (Å²) < 4.78 is 6.73. The van der Waals surface area contributed by atoms with Gasteiger partial charge >= 0.3 is 5.97 Å². The minimum atomic E-state index is -0.809. The van der Waals surface area contributed by atoms with Crippen LogP contribution in [0.25, 0.3) is 10.9 Å². The molecular formula is C14H17ClN2O2. The van der Waals surface area contributed by atoms with Crippen LogP contribution in [-0.2, 0) is 9.53 Å². The quantitative estimate of drug-likeness (QED) is 0.879. The first kappa shape index (κ1) is 13.9. The second-order valence-electron chi connectivity index (χ2n) is 4.71. The molecule has 2 rings (SSSR count). The molecule has 5 heteroatoms. The maximum atomic E-state index is 11.7. The molecule has 4 nitrogen and oxygen atoms in total. The summed E-state index contributed by atoms with van der Waals surface area (Å²) in [5.74, 6) is -0.458. The standard InChI is InChI=1S/C14H17ClN2O2/c1-8(2)17-11-6-4-5-10(15)9(11)7-12(17)13(16)14(18)19-3/h4-8,13H,16H2,1-3H3. The maximum absolute atomic E-state index is 11.7. The lowest BCUT2D eigenvalue weighted by Crippen LogP contribution is -2.25. The largest absolute Gasteiger partial charge is 0.468 e. The fraction of sp³-hybridized carbons (Fsp3) is 0.357. The molecule has 0 aliphatic heterocycles. The van der Waals surface area contributed by atoms with Crippen LogP contribution < -0.4 is 5.73 Å². The molecule has 0 amide bonds. The van der Waals surface area contributed by atoms with Crippen LogP contribution in [-0.4, -0.2) is 17.6 Å². The summed E-state index contributed by atoms with van der Waals surface area (Å²) in [5, 5.41) is 1.54. The van der Waals surface area contributed by atoms with Crippen molar-refractivity contribution in [3.63, 3.8) is 0 Å². The van der Waals surface area contributed by atoms with Crippen molar-refractivity contribution in [2.75, 3.05) is 7.11 Å². The summed E-state index contributed by atoms with van der Waals surface area (Å²) >= 11 is 6.19. The van der Waals surface area contributed by atoms with Crippen molar-refractivity contribution in [3.05, 3.63) is 35.0 Å². The monoisotopic (exact) mass is 280 g/mol. The number of nitrogens with zero attached hydrogens (tertiary/aromatic N) is 1. The van der Waals surface area contributed by atoms with Gasteiger partial charge in [0.05, 0.1) is 12.6 Å². The van der Waals surface area contributed by atoms with Crippen molar-refractivity contribution >= 4 is 28.5 Å². The molecule has 0 spiro atoms. The number of nitrogens with two attached hydrogens (primary N) is 1. The van der Waals surface area contributed by atoms with Crippen molar-refractivity contribution in [3.8, 4) is 0 Å². The summed E-state index contributed by atoms with van der Waals surface area (Å²) in [6, 6.07) is 6.89. The number of benzene rings is 1. The lowest BCUT2D eigenvalue weighted by Gasteiger charge is -2.17. The van der Waals surface area contributed by atoms with Crippen LogP contribution in [0.2, 0.25) is 5.02 Å². The van der Waals surface area contributed by atoms with E-state index in [-0.39, 0.29) is 6.04 Å². The Bertz CT molecular complexity index is 619. The SMILES string of the molecule is COC(=O)C(N)c1cc2c(Cl)cccc2n1C(C)C. The van der Waals surface area contributed by atoms with Crippen molar-refractivity contribution < 1.29 is 9.53 Å². The predicted molar refractivity (Wildman–Crippen MR) is 76.3 cm³/mol. The smallest absolute Gasteiger partial charge is 0.328 e. The molecule has 1 aromatic carbocycles. The Hall–Kier alpha value is -1.52. The summed E-state index contributed by atoms with van der Waals surface area (Å²) in [6.07, 6.45) is 0. The van der Waals surface area contributed by atoms with Crippen LogP contribution in [0.3, 0.4) is 0 Å². The van der Waals surface area contributed by atoms with Gasteiger partial charge in [-0.25, -0.2) is 4.79 Å². The number of rotatable bonds is 3. The zero-order valence-corrected chi connectivity index (χ0v) is 11.9. The molecule has 0 radical (unpaired) electrons. The molecule has 1 heterocycles. The number of hydrogen-bond donors (Lipinski definition) is 1. The lowest BCUT2D eigenvalue weighted by molar-refractivity contribution is -0.142. The van der Waals surface area contributed by atoms with Crippen molar-refractivity contribution in [2.45, 2.75) is 25.9 Å². The first-order valence-corrected chi connectivity index (χ1v) is 6.48. The lowest BCUT2D eigenvalue weighted by atomic mass is 10.2. The second-order valence-corrected chi connectivity index (χ2v) is 5.11. The van der Waals surface area contributed by atoms with Crippen LogP contribution in [0.1, 0.15) is 31.6 Å². The highest BCUT2D eigenvalue weighted by Gasteiger charge is 2.23. The van der Waals surface area contributed by atoms with E-state index in [1.54, 1.807) is 0 Å². The molecule has 2 N–H and O–H groups in total. The number of ether oxygens (including phenoxy) is 1. The summed E-state index contributed by atoms with van der Waals surface area (Å²) in [6.45, 7) is 4.07. The number of aromatic nitrogens is 1. The van der Waals surface area contributed by atoms with Crippen molar-refractivity contribution in [1.82, 2.24) is 4.57 Å². The molecule has 1 atom stereocenters. The van der Waals surface area contributed by atoms with Gasteiger partial charge in [0, 0.05) is 22.1 Å². The van der Waals surface area contributed by atoms with Gasteiger partial charge in [-0.3, -0.25) is 0 Å². The summed E-state index contributed by atoms with van der Waals surface area (Å²) in [7, 11) is 1.33. The van der Waals surface area contributed by atoms with Gasteiger partial charge < -0.3 is 15.0 Å². The molecule has 0 aliphatic carbocycles. The van der Waals surface area contributed by atoms with Crippen LogP contribution in [0, 0.1) is 0 Å². The van der Waals surface area contributed by atoms with Crippen LogP contribution in [0.4, 0.5) is 0 Å². The number of fused-ring (bicyclic) bond motifs is 1. The first-order valence-electron chi connectivity index (χ1n) is 6.10. The van der Waals surface area contributed by atoms with E-state index >= 15 is 0 Å². The van der Waals surface area contributed by atoms with E-state index in [1.165, 1.54) is 7.11 Å². The van der Waals surface area contributed by atoms with Gasteiger partial charge in [-0.1, -0.05) is 17.7 Å². The number of carbonyl (C=O) groups excluding carboxylic acids is 1. The van der Waals surface area contributed by atoms with Crippen molar-refractivity contribution in [1.29, 1.82) is 0 Å². The third-order valence-electron chi connectivity index (χ3n) is 3.15. The molecule has 0 saturated heterocycles. The Balaban J connectivity index is 2.70. The normalized spacial score (nSPS) is 12.9. The number of methoxy groups -OCH3 is 1. The minimum absolute atomic E-state index is 0.168. The Kier molecular flexibility index (Phi) is 3.83. The zero-order valence-electron chi connectivity index (χ0n) is 11.2. The molecule has 102 valence electrons. The van der Waals surface area contributed by atoms with E-state index in [9.17, 15) is 4.79 Å². The number of carbonyl (C=O) groups is 1. The van der Waals surface area contributed by atoms with Gasteiger partial charge in [-0.2, -0.15) is 0 Å². The summed E-state index contributed by atoms with van der Waals surface area (Å²) in [5.41, 5.74) is 7.65. The third kappa shape index (κ3) is 2.33. The van der Waals surface area contributed by atoms with Gasteiger partial charge in [0.1, 0.15) is 6.04 Å². The number of halogens is 1. The van der Waals surface area contributed by atoms with E-state index < -0.39 is 12.0 Å². The average Bonchev–Trinajstić information content (AvgIpc) is 2.77. The number of hydrogen-bond acceptors (Lipinski definition) is 3. The third-order valence-corrected chi connectivity index (χ3v) is 3.48. The molecule has 19 heavy (non-hydrogen) atoms. The molecule has 0 fully saturated rings. The molecule has 0 aliphatic rings. The second kappa shape index (κ2) is 5.23. The van der Waals surface area contributed by atoms with E-state index in [2.05, 4.69) is 0 Å². The molecule has 2 aromatic rings. The van der Waals surface area contributed by atoms with Crippen LogP contribution >= 0.6 is 11.6 Å². The molecule has 0 bridgehead atoms. The summed E-state index contributed by atoms with van der Waals surface area (Å²) in [4.78, 5) is 11.7. The van der Waals surface area contributed by atoms with E-state index in [1.807, 2.05) is 42.7 Å². The Labute approximate surface area is 117 Å². The minimum Gasteiger partial charge on any atom is -0.468 e. The molecular weight excluding hydrogens is 264 g/mol. The Morgan fingerprint density at radius 1 is 1.42 bits per heavy atom. The van der Waals surface area contributed by atoms with E-state index in [0.29, 0.717) is 10.7 Å². The molecule has 1 aromatic heterocycles. The van der Waals surface area contributed by atoms with Gasteiger partial charge in [0.2, 0.25) is 0 Å². The van der Waals surface area contributed by atoms with E-state index in [0.717, 1.165) is 10.9 Å². The number of esters is 1. The van der Waals surface area contributed by atoms with Crippen LogP contribution in [0.15, 0.2) is 24.3 Å². The highest BCUT2D eigenvalue weighted by molar-refractivity contribution is 6.35. The Morgan fingerprint density at radius 3 is 2.68 bits per heavy atom. The van der Waals surface area contributed by atoms with E-state index in [4.69, 9.17) is 22.1 Å². The average molecular weight is 281 g/mol. The topological polar surface area (TPSA) is 57.2 Å². The van der Waals surface area contributed by atoms with Crippen molar-refractivity contribution in [2.24, 2.45) is 5.73 Å². The van der Waals surface area contributed by atoms with Crippen LogP contribution in [0.5, 0.6) is 0 Å². The highest BCUT2D eigenvalue weighted by atomic mass is 35.5. The fourth-order valence-electron chi connectivity index (χ4n) is 2.30. The van der Waals surface area contributed by atoms with Gasteiger partial charge in [0.25, 0.3) is 0 Å². The van der Waals surface area contributed by atoms with Gasteiger partial charge in [0.15, 0.2) is 0 Å². The van der Waals surface area contributed by atoms with Gasteiger partial charge in [-0.15, -0.1) is 0 Å². The Morgan fingerprint density at radius 2 is 2.11 bits per heavy atom.